The van der Waals surface area contributed by atoms with Crippen LogP contribution >= 0.6 is 0 Å². The lowest BCUT2D eigenvalue weighted by molar-refractivity contribution is 0.0933. The molecule has 9 heteroatoms. The number of nitrogens with zero attached hydrogens (tertiary/aromatic N) is 4. The van der Waals surface area contributed by atoms with Gasteiger partial charge in [-0.15, -0.1) is 5.10 Å². The topological polar surface area (TPSA) is 99.0 Å². The van der Waals surface area contributed by atoms with E-state index in [1.807, 2.05) is 30.3 Å². The molecule has 1 amide bonds. The first-order valence-electron chi connectivity index (χ1n) is 11.7. The highest BCUT2D eigenvalue weighted by atomic mass is 19.1. The third-order valence-corrected chi connectivity index (χ3v) is 6.18. The number of benzene rings is 3. The predicted molar refractivity (Wildman–Crippen MR) is 135 cm³/mol. The predicted octanol–water partition coefficient (Wildman–Crippen LogP) is 4.90. The second-order valence-corrected chi connectivity index (χ2v) is 8.71. The second kappa shape index (κ2) is 9.27. The van der Waals surface area contributed by atoms with E-state index in [4.69, 9.17) is 4.74 Å². The largest absolute Gasteiger partial charge is 0.492 e. The van der Waals surface area contributed by atoms with Gasteiger partial charge in [-0.2, -0.15) is 0 Å². The Balaban J connectivity index is 1.21. The number of hydrogen-bond acceptors (Lipinski definition) is 6. The normalized spacial score (nSPS) is 12.7. The fraction of sp³-hybridized carbons (Fsp3) is 0.107. The minimum Gasteiger partial charge on any atom is -0.492 e. The van der Waals surface area contributed by atoms with E-state index in [-0.39, 0.29) is 17.8 Å². The van der Waals surface area contributed by atoms with Gasteiger partial charge in [-0.3, -0.25) is 14.6 Å². The van der Waals surface area contributed by atoms with Gasteiger partial charge in [-0.05, 0) is 60.2 Å². The maximum atomic E-state index is 14.7. The van der Waals surface area contributed by atoms with Crippen molar-refractivity contribution in [2.75, 3.05) is 11.9 Å². The molecule has 1 aliphatic rings. The molecular weight excluding hydrogens is 473 g/mol. The van der Waals surface area contributed by atoms with Crippen LogP contribution in [-0.2, 0) is 6.54 Å². The summed E-state index contributed by atoms with van der Waals surface area (Å²) in [7, 11) is 0. The average molecular weight is 493 g/mol. The quantitative estimate of drug-likeness (QED) is 0.374. The first-order valence-corrected chi connectivity index (χ1v) is 11.7. The monoisotopic (exact) mass is 493 g/mol. The van der Waals surface area contributed by atoms with Gasteiger partial charge in [-0.25, -0.2) is 9.07 Å². The Morgan fingerprint density at radius 1 is 1.05 bits per heavy atom. The number of Topliss-reactive ketones (excluding diaryl/α,β-unsaturated/α-hetero) is 1. The number of fused-ring (bicyclic) bond motifs is 2. The van der Waals surface area contributed by atoms with E-state index in [2.05, 4.69) is 20.6 Å². The highest BCUT2D eigenvalue weighted by Gasteiger charge is 2.20. The third-order valence-electron chi connectivity index (χ3n) is 6.18. The fourth-order valence-corrected chi connectivity index (χ4v) is 4.32. The van der Waals surface area contributed by atoms with Crippen molar-refractivity contribution in [3.05, 3.63) is 102 Å². The zero-order valence-corrected chi connectivity index (χ0v) is 19.5. The number of ether oxygens (including phenoxy) is 1. The van der Waals surface area contributed by atoms with Gasteiger partial charge in [-0.1, -0.05) is 17.3 Å². The molecule has 0 saturated carbocycles. The number of anilines is 1. The molecule has 0 fully saturated rings. The molecule has 0 unspecified atom stereocenters. The lowest BCUT2D eigenvalue weighted by Gasteiger charge is -2.16. The SMILES string of the molecule is O=C(Nc1ccc(F)c(-c2cn(Cc3ccc4ncccc4c3)nn2)c1)c1ccc2c(c1)C(=O)CCO2. The van der Waals surface area contributed by atoms with E-state index in [0.717, 1.165) is 16.5 Å². The Bertz CT molecular complexity index is 1680. The van der Waals surface area contributed by atoms with Crippen LogP contribution in [0.5, 0.6) is 5.75 Å². The van der Waals surface area contributed by atoms with Crippen molar-refractivity contribution in [2.45, 2.75) is 13.0 Å². The minimum absolute atomic E-state index is 0.0663. The average Bonchev–Trinajstić information content (AvgIpc) is 3.38. The number of rotatable bonds is 5. The van der Waals surface area contributed by atoms with Crippen molar-refractivity contribution < 1.29 is 18.7 Å². The summed E-state index contributed by atoms with van der Waals surface area (Å²) in [5, 5.41) is 12.1. The molecular formula is C28H20FN5O3. The van der Waals surface area contributed by atoms with Crippen LogP contribution in [-0.4, -0.2) is 38.3 Å². The van der Waals surface area contributed by atoms with Crippen molar-refractivity contribution >= 4 is 28.3 Å². The molecule has 3 aromatic carbocycles. The fourth-order valence-electron chi connectivity index (χ4n) is 4.32. The molecule has 3 heterocycles. The van der Waals surface area contributed by atoms with Gasteiger partial charge in [0.2, 0.25) is 0 Å². The van der Waals surface area contributed by atoms with Gasteiger partial charge in [0.1, 0.15) is 17.3 Å². The molecule has 0 radical (unpaired) electrons. The zero-order chi connectivity index (χ0) is 25.4. The van der Waals surface area contributed by atoms with Gasteiger partial charge < -0.3 is 10.1 Å². The molecule has 0 aliphatic carbocycles. The van der Waals surface area contributed by atoms with E-state index < -0.39 is 11.7 Å². The summed E-state index contributed by atoms with van der Waals surface area (Å²) in [6.07, 6.45) is 3.68. The van der Waals surface area contributed by atoms with Gasteiger partial charge >= 0.3 is 0 Å². The van der Waals surface area contributed by atoms with Crippen LogP contribution in [0, 0.1) is 5.82 Å². The standard InChI is InChI=1S/C28H20FN5O3/c29-23-6-5-20(31-28(36)19-4-8-27-22(13-19)26(35)9-11-37-27)14-21(23)25-16-34(33-32-25)15-17-3-7-24-18(12-17)2-1-10-30-24/h1-8,10,12-14,16H,9,11,15H2,(H,31,36). The molecule has 8 nitrogen and oxygen atoms in total. The maximum absolute atomic E-state index is 14.7. The van der Waals surface area contributed by atoms with Crippen molar-refractivity contribution in [3.63, 3.8) is 0 Å². The van der Waals surface area contributed by atoms with Crippen LogP contribution < -0.4 is 10.1 Å². The summed E-state index contributed by atoms with van der Waals surface area (Å²) in [5.74, 6) is -0.504. The van der Waals surface area contributed by atoms with E-state index in [9.17, 15) is 14.0 Å². The first kappa shape index (κ1) is 22.5. The Kier molecular flexibility index (Phi) is 5.65. The van der Waals surface area contributed by atoms with E-state index >= 15 is 0 Å². The summed E-state index contributed by atoms with van der Waals surface area (Å²) in [6, 6.07) is 18.8. The number of amides is 1. The van der Waals surface area contributed by atoms with Crippen LogP contribution in [0.4, 0.5) is 10.1 Å². The van der Waals surface area contributed by atoms with Crippen LogP contribution in [0.3, 0.4) is 0 Å². The maximum Gasteiger partial charge on any atom is 0.255 e. The highest BCUT2D eigenvalue weighted by molar-refractivity contribution is 6.07. The molecule has 37 heavy (non-hydrogen) atoms. The molecule has 1 N–H and O–H groups in total. The van der Waals surface area contributed by atoms with Crippen molar-refractivity contribution in [1.82, 2.24) is 20.0 Å². The number of aromatic nitrogens is 4. The number of carbonyl (C=O) groups excluding carboxylic acids is 2. The van der Waals surface area contributed by atoms with Crippen LogP contribution in [0.25, 0.3) is 22.2 Å². The second-order valence-electron chi connectivity index (χ2n) is 8.71. The summed E-state index contributed by atoms with van der Waals surface area (Å²) in [4.78, 5) is 29.3. The molecule has 5 aromatic rings. The smallest absolute Gasteiger partial charge is 0.255 e. The van der Waals surface area contributed by atoms with E-state index in [1.165, 1.54) is 24.3 Å². The Morgan fingerprint density at radius 3 is 2.89 bits per heavy atom. The summed E-state index contributed by atoms with van der Waals surface area (Å²) >= 11 is 0. The van der Waals surface area contributed by atoms with Crippen molar-refractivity contribution in [3.8, 4) is 17.0 Å². The van der Waals surface area contributed by atoms with Crippen molar-refractivity contribution in [1.29, 1.82) is 0 Å². The van der Waals surface area contributed by atoms with Gasteiger partial charge in [0.05, 0.1) is 30.4 Å². The van der Waals surface area contributed by atoms with Gasteiger partial charge in [0, 0.05) is 34.8 Å². The lowest BCUT2D eigenvalue weighted by Crippen LogP contribution is -2.18. The lowest BCUT2D eigenvalue weighted by atomic mass is 10.0. The van der Waals surface area contributed by atoms with Crippen LogP contribution in [0.2, 0.25) is 0 Å². The van der Waals surface area contributed by atoms with Gasteiger partial charge in [0.15, 0.2) is 5.78 Å². The third kappa shape index (κ3) is 4.54. The summed E-state index contributed by atoms with van der Waals surface area (Å²) in [6.45, 7) is 0.788. The number of hydrogen-bond donors (Lipinski definition) is 1. The van der Waals surface area contributed by atoms with Crippen LogP contribution in [0.1, 0.15) is 32.7 Å². The number of pyridine rings is 1. The van der Waals surface area contributed by atoms with E-state index in [0.29, 0.717) is 41.4 Å². The van der Waals surface area contributed by atoms with Crippen molar-refractivity contribution in [2.24, 2.45) is 0 Å². The summed E-state index contributed by atoms with van der Waals surface area (Å²) in [5.41, 5.74) is 3.54. The molecule has 1 aliphatic heterocycles. The Hall–Kier alpha value is -4.92. The Morgan fingerprint density at radius 2 is 1.97 bits per heavy atom. The molecule has 182 valence electrons. The molecule has 2 aromatic heterocycles. The molecule has 0 bridgehead atoms. The molecule has 0 spiro atoms. The molecule has 0 atom stereocenters. The first-order chi connectivity index (χ1) is 18.0. The molecule has 6 rings (SSSR count). The number of ketones is 1. The summed E-state index contributed by atoms with van der Waals surface area (Å²) < 4.78 is 21.8. The van der Waals surface area contributed by atoms with E-state index in [1.54, 1.807) is 29.2 Å². The minimum atomic E-state index is -0.488. The zero-order valence-electron chi connectivity index (χ0n) is 19.5. The number of carbonyl (C=O) groups is 2. The Labute approximate surface area is 210 Å². The highest BCUT2D eigenvalue weighted by Crippen LogP contribution is 2.28. The van der Waals surface area contributed by atoms with Gasteiger partial charge in [0.25, 0.3) is 5.91 Å². The van der Waals surface area contributed by atoms with Crippen LogP contribution in [0.15, 0.2) is 79.1 Å². The molecule has 0 saturated heterocycles. The number of halogens is 1. The number of nitrogens with one attached hydrogen (secondary N) is 1.